The molecule has 0 N–H and O–H groups in total. The third kappa shape index (κ3) is 3.09. The van der Waals surface area contributed by atoms with Crippen molar-refractivity contribution < 1.29 is 0 Å². The zero-order valence-corrected chi connectivity index (χ0v) is 13.7. The first kappa shape index (κ1) is 14.7. The van der Waals surface area contributed by atoms with E-state index in [1.54, 1.807) is 0 Å². The zero-order valence-electron chi connectivity index (χ0n) is 12.9. The maximum atomic E-state index is 6.41. The lowest BCUT2D eigenvalue weighted by Crippen LogP contribution is -2.35. The molecule has 0 amide bonds. The molecule has 1 fully saturated rings. The summed E-state index contributed by atoms with van der Waals surface area (Å²) in [5.41, 5.74) is 2.06. The summed E-state index contributed by atoms with van der Waals surface area (Å²) >= 11 is 6.41. The van der Waals surface area contributed by atoms with Gasteiger partial charge in [0.05, 0.1) is 11.8 Å². The third-order valence-electron chi connectivity index (χ3n) is 4.57. The molecule has 0 bridgehead atoms. The maximum Gasteiger partial charge on any atom is 0.134 e. The minimum atomic E-state index is 0.499. The maximum absolute atomic E-state index is 6.41. The van der Waals surface area contributed by atoms with E-state index in [9.17, 15) is 0 Å². The molecular weight excluding hydrogens is 308 g/mol. The van der Waals surface area contributed by atoms with Crippen LogP contribution in [0.4, 0.5) is 0 Å². The summed E-state index contributed by atoms with van der Waals surface area (Å²) in [4.78, 5) is 11.2. The van der Waals surface area contributed by atoms with E-state index < -0.39 is 0 Å². The average Bonchev–Trinajstić information content (AvgIpc) is 3.10. The number of nitrogens with zero attached hydrogens (tertiary/aromatic N) is 4. The largest absolute Gasteiger partial charge is 0.333 e. The molecule has 1 aliphatic heterocycles. The minimum Gasteiger partial charge on any atom is -0.333 e. The van der Waals surface area contributed by atoms with Crippen molar-refractivity contribution in [2.45, 2.75) is 25.4 Å². The molecule has 1 unspecified atom stereocenters. The number of para-hydroxylation sites is 1. The van der Waals surface area contributed by atoms with Crippen LogP contribution < -0.4 is 0 Å². The van der Waals surface area contributed by atoms with E-state index in [0.29, 0.717) is 11.2 Å². The van der Waals surface area contributed by atoms with Crippen LogP contribution in [0.5, 0.6) is 0 Å². The molecular formula is C18H19ClN4. The van der Waals surface area contributed by atoms with Crippen molar-refractivity contribution >= 4 is 22.5 Å². The highest BCUT2D eigenvalue weighted by Gasteiger charge is 2.21. The Kier molecular flexibility index (Phi) is 4.02. The Bertz CT molecular complexity index is 800. The Hall–Kier alpha value is -1.91. The Morgan fingerprint density at radius 2 is 2.17 bits per heavy atom. The van der Waals surface area contributed by atoms with Gasteiger partial charge in [-0.1, -0.05) is 29.8 Å². The van der Waals surface area contributed by atoms with Crippen LogP contribution in [-0.2, 0) is 6.54 Å². The lowest BCUT2D eigenvalue weighted by molar-refractivity contribution is 0.170. The van der Waals surface area contributed by atoms with Crippen LogP contribution in [0.3, 0.4) is 0 Å². The van der Waals surface area contributed by atoms with Gasteiger partial charge in [0.2, 0.25) is 0 Å². The van der Waals surface area contributed by atoms with E-state index in [4.69, 9.17) is 11.6 Å². The van der Waals surface area contributed by atoms with Gasteiger partial charge < -0.3 is 4.57 Å². The number of halogens is 1. The highest BCUT2D eigenvalue weighted by molar-refractivity contribution is 6.30. The van der Waals surface area contributed by atoms with E-state index in [0.717, 1.165) is 36.1 Å². The molecule has 4 rings (SSSR count). The number of piperidine rings is 1. The van der Waals surface area contributed by atoms with Crippen LogP contribution >= 0.6 is 11.6 Å². The van der Waals surface area contributed by atoms with Crippen molar-refractivity contribution in [2.24, 2.45) is 0 Å². The third-order valence-corrected chi connectivity index (χ3v) is 4.90. The van der Waals surface area contributed by atoms with Crippen molar-refractivity contribution in [3.05, 3.63) is 59.8 Å². The fourth-order valence-corrected chi connectivity index (χ4v) is 3.60. The van der Waals surface area contributed by atoms with Gasteiger partial charge in [-0.15, -0.1) is 0 Å². The number of hydrogen-bond acceptors (Lipinski definition) is 3. The number of aromatic nitrogens is 3. The first-order valence-corrected chi connectivity index (χ1v) is 8.41. The van der Waals surface area contributed by atoms with Crippen LogP contribution in [0.15, 0.2) is 49.1 Å². The quantitative estimate of drug-likeness (QED) is 0.684. The Morgan fingerprint density at radius 3 is 3.04 bits per heavy atom. The van der Waals surface area contributed by atoms with Gasteiger partial charge in [-0.25, -0.2) is 9.97 Å². The summed E-state index contributed by atoms with van der Waals surface area (Å²) in [5.74, 6) is 0. The number of fused-ring (bicyclic) bond motifs is 1. The Morgan fingerprint density at radius 1 is 1.26 bits per heavy atom. The van der Waals surface area contributed by atoms with E-state index in [1.165, 1.54) is 12.8 Å². The molecule has 0 saturated carbocycles. The number of imidazole rings is 1. The van der Waals surface area contributed by atoms with Gasteiger partial charge in [0.25, 0.3) is 0 Å². The van der Waals surface area contributed by atoms with Crippen molar-refractivity contribution in [2.75, 3.05) is 13.1 Å². The molecule has 2 aromatic heterocycles. The topological polar surface area (TPSA) is 34.0 Å². The molecule has 0 radical (unpaired) electrons. The SMILES string of the molecule is Clc1nc2ccccc2cc1CN1CCCC(n2ccnc2)C1. The molecule has 23 heavy (non-hydrogen) atoms. The fraction of sp³-hybridized carbons (Fsp3) is 0.333. The Balaban J connectivity index is 1.54. The molecule has 0 aliphatic carbocycles. The van der Waals surface area contributed by atoms with Crippen LogP contribution in [0.2, 0.25) is 5.15 Å². The number of rotatable bonds is 3. The molecule has 3 aromatic rings. The molecule has 4 nitrogen and oxygen atoms in total. The lowest BCUT2D eigenvalue weighted by atomic mass is 10.0. The monoisotopic (exact) mass is 326 g/mol. The lowest BCUT2D eigenvalue weighted by Gasteiger charge is -2.33. The highest BCUT2D eigenvalue weighted by Crippen LogP contribution is 2.26. The fourth-order valence-electron chi connectivity index (χ4n) is 3.39. The smallest absolute Gasteiger partial charge is 0.134 e. The summed E-state index contributed by atoms with van der Waals surface area (Å²) in [6.45, 7) is 2.98. The number of pyridine rings is 1. The van der Waals surface area contributed by atoms with Gasteiger partial charge in [0.15, 0.2) is 0 Å². The van der Waals surface area contributed by atoms with E-state index >= 15 is 0 Å². The van der Waals surface area contributed by atoms with Crippen molar-refractivity contribution in [1.82, 2.24) is 19.4 Å². The molecule has 1 aliphatic rings. The van der Waals surface area contributed by atoms with Crippen molar-refractivity contribution in [1.29, 1.82) is 0 Å². The Labute approximate surface area is 140 Å². The summed E-state index contributed by atoms with van der Waals surface area (Å²) < 4.78 is 2.21. The van der Waals surface area contributed by atoms with Gasteiger partial charge in [-0.05, 0) is 31.5 Å². The van der Waals surface area contributed by atoms with E-state index in [-0.39, 0.29) is 0 Å². The predicted molar refractivity (Wildman–Crippen MR) is 92.5 cm³/mol. The van der Waals surface area contributed by atoms with Gasteiger partial charge in [0.1, 0.15) is 5.15 Å². The molecule has 1 atom stereocenters. The highest BCUT2D eigenvalue weighted by atomic mass is 35.5. The van der Waals surface area contributed by atoms with Gasteiger partial charge in [-0.2, -0.15) is 0 Å². The predicted octanol–water partition coefficient (Wildman–Crippen LogP) is 3.92. The minimum absolute atomic E-state index is 0.499. The molecule has 118 valence electrons. The van der Waals surface area contributed by atoms with E-state index in [2.05, 4.69) is 37.8 Å². The second kappa shape index (κ2) is 6.30. The van der Waals surface area contributed by atoms with Crippen molar-refractivity contribution in [3.63, 3.8) is 0 Å². The van der Waals surface area contributed by atoms with E-state index in [1.807, 2.05) is 30.7 Å². The zero-order chi connectivity index (χ0) is 15.6. The molecule has 1 aromatic carbocycles. The number of hydrogen-bond donors (Lipinski definition) is 0. The van der Waals surface area contributed by atoms with Gasteiger partial charge >= 0.3 is 0 Å². The number of benzene rings is 1. The molecule has 3 heterocycles. The summed E-state index contributed by atoms with van der Waals surface area (Å²) in [7, 11) is 0. The standard InChI is InChI=1S/C18H19ClN4/c19-18-15(10-14-4-1-2-6-17(14)21-18)11-22-8-3-5-16(12-22)23-9-7-20-13-23/h1-2,4,6-7,9-10,13,16H,3,5,8,11-12H2. The second-order valence-electron chi connectivity index (χ2n) is 6.17. The molecule has 5 heteroatoms. The summed E-state index contributed by atoms with van der Waals surface area (Å²) in [6, 6.07) is 10.8. The summed E-state index contributed by atoms with van der Waals surface area (Å²) in [5, 5.41) is 1.77. The van der Waals surface area contributed by atoms with Gasteiger partial charge in [0, 0.05) is 42.5 Å². The van der Waals surface area contributed by atoms with Crippen LogP contribution in [0.25, 0.3) is 10.9 Å². The molecule has 1 saturated heterocycles. The van der Waals surface area contributed by atoms with Crippen LogP contribution in [-0.4, -0.2) is 32.5 Å². The molecule has 0 spiro atoms. The van der Waals surface area contributed by atoms with Gasteiger partial charge in [-0.3, -0.25) is 4.90 Å². The van der Waals surface area contributed by atoms with Crippen LogP contribution in [0.1, 0.15) is 24.4 Å². The first-order chi connectivity index (χ1) is 11.3. The summed E-state index contributed by atoms with van der Waals surface area (Å²) in [6.07, 6.45) is 8.22. The second-order valence-corrected chi connectivity index (χ2v) is 6.53. The van der Waals surface area contributed by atoms with Crippen molar-refractivity contribution in [3.8, 4) is 0 Å². The normalized spacial score (nSPS) is 19.3. The average molecular weight is 327 g/mol. The number of likely N-dealkylation sites (tertiary alicyclic amines) is 1. The first-order valence-electron chi connectivity index (χ1n) is 8.03. The van der Waals surface area contributed by atoms with Crippen LogP contribution in [0, 0.1) is 0 Å².